The van der Waals surface area contributed by atoms with E-state index in [-0.39, 0.29) is 38.3 Å². The second kappa shape index (κ2) is 16.5. The second-order valence-corrected chi connectivity index (χ2v) is 20.7. The van der Waals surface area contributed by atoms with Gasteiger partial charge in [-0.25, -0.2) is 18.2 Å². The van der Waals surface area contributed by atoms with Crippen molar-refractivity contribution < 1.29 is 55.0 Å². The molecule has 20 heteroatoms. The standard InChI is InChI=1S/C40H51F3N6O9S2/c1-23-8-5-6-9-26-19-39(26,35(52)48-60(54,55)37(4)12-13-37)47-32(50)30-18-28(57-27-10-14-44-29(17-27)33-45-20-25(3)59-33)21-49(30)34(51)31(24(2)16-23)46-36(53)58-38(40(41,42)43)11-7-15-56-22-38/h6,9-10,14,17,20,23-24,26,28,30-31H,5,7-8,11-13,15-16,18-19,21-22H2,1-4H3,(H,46,53)(H,47,50)(H,48,52)/b9-6-/t23-,24-,26-,28-,30+,31+,38?,39-/m1/s1. The number of sulfonamides is 1. The second-order valence-electron chi connectivity index (χ2n) is 17.3. The van der Waals surface area contributed by atoms with Crippen LogP contribution in [-0.4, -0.2) is 107 Å². The van der Waals surface area contributed by atoms with Crippen molar-refractivity contribution in [2.45, 2.75) is 126 Å². The van der Waals surface area contributed by atoms with Gasteiger partial charge in [0.2, 0.25) is 27.4 Å². The molecule has 0 radical (unpaired) electrons. The van der Waals surface area contributed by atoms with Crippen LogP contribution in [0.3, 0.4) is 0 Å². The molecule has 60 heavy (non-hydrogen) atoms. The minimum Gasteiger partial charge on any atom is -0.488 e. The Hall–Kier alpha value is -4.30. The molecule has 0 bridgehead atoms. The first-order valence-electron chi connectivity index (χ1n) is 20.3. The van der Waals surface area contributed by atoms with E-state index in [0.29, 0.717) is 48.6 Å². The fraction of sp³-hybridized carbons (Fsp3) is 0.650. The lowest BCUT2D eigenvalue weighted by Crippen LogP contribution is -2.60. The first kappa shape index (κ1) is 43.8. The summed E-state index contributed by atoms with van der Waals surface area (Å²) in [5, 5.41) is 5.90. The Balaban J connectivity index is 1.20. The number of amides is 4. The molecule has 3 aliphatic heterocycles. The van der Waals surface area contributed by atoms with Crippen LogP contribution in [0.5, 0.6) is 5.75 Å². The maximum Gasteiger partial charge on any atom is 0.430 e. The van der Waals surface area contributed by atoms with E-state index in [2.05, 4.69) is 25.3 Å². The summed E-state index contributed by atoms with van der Waals surface area (Å²) in [6.45, 7) is 6.08. The first-order chi connectivity index (χ1) is 28.2. The molecule has 0 spiro atoms. The number of hydrogen-bond donors (Lipinski definition) is 3. The third-order valence-electron chi connectivity index (χ3n) is 12.4. The summed E-state index contributed by atoms with van der Waals surface area (Å²) < 4.78 is 87.3. The average molecular weight is 881 g/mol. The Labute approximate surface area is 350 Å². The van der Waals surface area contributed by atoms with Crippen LogP contribution in [0, 0.1) is 24.7 Å². The van der Waals surface area contributed by atoms with E-state index >= 15 is 0 Å². The highest BCUT2D eigenvalue weighted by atomic mass is 32.2. The van der Waals surface area contributed by atoms with Gasteiger partial charge in [0.05, 0.1) is 17.9 Å². The molecule has 2 saturated carbocycles. The molecular weight excluding hydrogens is 830 g/mol. The topological polar surface area (TPSA) is 195 Å². The van der Waals surface area contributed by atoms with Gasteiger partial charge in [0, 0.05) is 48.7 Å². The SMILES string of the molecule is Cc1cnc(-c2cc(O[C@@H]3C[C@H]4C(=O)N[C@]5(C(=O)NS(=O)(=O)C6(C)CC6)C[C@H]5/C=C\CC[C@@H](C)C[C@@H](C)[C@H](NC(=O)OC5(C(F)(F)F)CCCOC5)C(=O)N4C3)ccn2)s1. The highest BCUT2D eigenvalue weighted by Crippen LogP contribution is 2.48. The predicted octanol–water partition coefficient (Wildman–Crippen LogP) is 4.95. The van der Waals surface area contributed by atoms with Gasteiger partial charge in [-0.1, -0.05) is 26.0 Å². The Morgan fingerprint density at radius 3 is 2.57 bits per heavy atom. The van der Waals surface area contributed by atoms with Crippen molar-refractivity contribution in [1.29, 1.82) is 0 Å². The number of aryl methyl sites for hydroxylation is 1. The monoisotopic (exact) mass is 880 g/mol. The molecule has 5 aliphatic rings. The fourth-order valence-electron chi connectivity index (χ4n) is 8.33. The quantitative estimate of drug-likeness (QED) is 0.304. The summed E-state index contributed by atoms with van der Waals surface area (Å²) in [4.78, 5) is 67.8. The van der Waals surface area contributed by atoms with Gasteiger partial charge in [0.1, 0.15) is 40.2 Å². The molecular formula is C40H51F3N6O9S2. The van der Waals surface area contributed by atoms with Crippen molar-refractivity contribution in [2.75, 3.05) is 19.8 Å². The molecule has 2 aliphatic carbocycles. The maximum absolute atomic E-state index is 14.9. The van der Waals surface area contributed by atoms with Gasteiger partial charge in [0.15, 0.2) is 0 Å². The van der Waals surface area contributed by atoms with E-state index in [1.54, 1.807) is 38.3 Å². The van der Waals surface area contributed by atoms with Gasteiger partial charge >= 0.3 is 12.3 Å². The number of aromatic nitrogens is 2. The third-order valence-corrected chi connectivity index (χ3v) is 15.5. The number of thiazole rings is 1. The van der Waals surface area contributed by atoms with E-state index in [0.717, 1.165) is 4.88 Å². The van der Waals surface area contributed by atoms with Crippen LogP contribution in [0.25, 0.3) is 10.7 Å². The van der Waals surface area contributed by atoms with E-state index in [1.807, 2.05) is 19.9 Å². The molecule has 2 saturated heterocycles. The molecule has 2 aromatic heterocycles. The summed E-state index contributed by atoms with van der Waals surface area (Å²) in [5.74, 6) is -3.29. The molecule has 3 N–H and O–H groups in total. The molecule has 0 aromatic carbocycles. The molecule has 5 heterocycles. The Morgan fingerprint density at radius 1 is 1.13 bits per heavy atom. The van der Waals surface area contributed by atoms with Crippen molar-refractivity contribution in [3.05, 3.63) is 41.6 Å². The van der Waals surface area contributed by atoms with Crippen LogP contribution in [-0.2, 0) is 33.9 Å². The number of pyridine rings is 1. The number of carbonyl (C=O) groups excluding carboxylic acids is 4. The van der Waals surface area contributed by atoms with Crippen LogP contribution >= 0.6 is 11.3 Å². The smallest absolute Gasteiger partial charge is 0.430 e. The summed E-state index contributed by atoms with van der Waals surface area (Å²) in [6.07, 6.45) is 1.44. The Morgan fingerprint density at radius 2 is 1.90 bits per heavy atom. The van der Waals surface area contributed by atoms with E-state index in [1.165, 1.54) is 22.4 Å². The lowest BCUT2D eigenvalue weighted by atomic mass is 9.88. The van der Waals surface area contributed by atoms with Crippen molar-refractivity contribution in [1.82, 2.24) is 30.2 Å². The zero-order valence-corrected chi connectivity index (χ0v) is 35.5. The number of carbonyl (C=O) groups is 4. The molecule has 2 aromatic rings. The van der Waals surface area contributed by atoms with Crippen LogP contribution in [0.4, 0.5) is 18.0 Å². The maximum atomic E-state index is 14.9. The van der Waals surface area contributed by atoms with E-state index in [4.69, 9.17) is 14.2 Å². The molecule has 4 amide bonds. The molecule has 7 rings (SSSR count). The zero-order chi connectivity index (χ0) is 43.3. The Kier molecular flexibility index (Phi) is 12.1. The lowest BCUT2D eigenvalue weighted by molar-refractivity contribution is -0.285. The minimum atomic E-state index is -4.96. The largest absolute Gasteiger partial charge is 0.488 e. The molecule has 15 nitrogen and oxygen atoms in total. The number of halogens is 3. The number of ether oxygens (including phenoxy) is 3. The van der Waals surface area contributed by atoms with Crippen LogP contribution in [0.1, 0.15) is 83.4 Å². The molecule has 328 valence electrons. The van der Waals surface area contributed by atoms with Gasteiger partial charge in [-0.15, -0.1) is 11.3 Å². The minimum absolute atomic E-state index is 0.00244. The van der Waals surface area contributed by atoms with E-state index < -0.39 is 99.0 Å². The van der Waals surface area contributed by atoms with Crippen molar-refractivity contribution in [3.63, 3.8) is 0 Å². The third kappa shape index (κ3) is 9.00. The highest BCUT2D eigenvalue weighted by molar-refractivity contribution is 7.91. The lowest BCUT2D eigenvalue weighted by Gasteiger charge is -2.38. The number of fused-ring (bicyclic) bond motifs is 2. The number of nitrogens with one attached hydrogen (secondary N) is 3. The first-order valence-corrected chi connectivity index (χ1v) is 22.6. The number of alkyl carbamates (subject to hydrolysis) is 1. The zero-order valence-electron chi connectivity index (χ0n) is 33.9. The summed E-state index contributed by atoms with van der Waals surface area (Å²) >= 11 is 1.43. The summed E-state index contributed by atoms with van der Waals surface area (Å²) in [6, 6.07) is 0.535. The molecule has 8 atom stereocenters. The van der Waals surface area contributed by atoms with Crippen molar-refractivity contribution >= 4 is 45.2 Å². The van der Waals surface area contributed by atoms with Crippen molar-refractivity contribution in [3.8, 4) is 16.5 Å². The number of nitrogens with zero attached hydrogens (tertiary/aromatic N) is 3. The van der Waals surface area contributed by atoms with Crippen molar-refractivity contribution in [2.24, 2.45) is 17.8 Å². The Bertz CT molecular complexity index is 2120. The highest BCUT2D eigenvalue weighted by Gasteiger charge is 2.63. The number of allylic oxidation sites excluding steroid dienone is 1. The van der Waals surface area contributed by atoms with Gasteiger partial charge < -0.3 is 29.7 Å². The molecule has 1 unspecified atom stereocenters. The summed E-state index contributed by atoms with van der Waals surface area (Å²) in [7, 11) is -4.08. The van der Waals surface area contributed by atoms with Gasteiger partial charge in [-0.3, -0.25) is 24.1 Å². The molecule has 4 fully saturated rings. The van der Waals surface area contributed by atoms with Gasteiger partial charge in [-0.2, -0.15) is 13.2 Å². The van der Waals surface area contributed by atoms with Crippen LogP contribution in [0.2, 0.25) is 0 Å². The van der Waals surface area contributed by atoms with Crippen LogP contribution in [0.15, 0.2) is 36.7 Å². The van der Waals surface area contributed by atoms with Gasteiger partial charge in [-0.05, 0) is 76.7 Å². The number of hydrogen-bond acceptors (Lipinski definition) is 12. The van der Waals surface area contributed by atoms with E-state index in [9.17, 15) is 40.8 Å². The average Bonchev–Trinajstić information content (AvgIpc) is 3.99. The number of rotatable bonds is 8. The normalized spacial score (nSPS) is 32.5. The van der Waals surface area contributed by atoms with Gasteiger partial charge in [0.25, 0.3) is 5.91 Å². The predicted molar refractivity (Wildman–Crippen MR) is 212 cm³/mol. The number of alkyl halides is 3. The van der Waals surface area contributed by atoms with Crippen LogP contribution < -0.4 is 20.1 Å². The fourth-order valence-corrected chi connectivity index (χ4v) is 10.4. The summed E-state index contributed by atoms with van der Waals surface area (Å²) in [5.41, 5.74) is -4.02.